The highest BCUT2D eigenvalue weighted by atomic mass is 16.5. The van der Waals surface area contributed by atoms with Gasteiger partial charge in [0.25, 0.3) is 0 Å². The zero-order valence-corrected chi connectivity index (χ0v) is 10.9. The molecule has 0 heterocycles. The highest BCUT2D eigenvalue weighted by Gasteiger charge is 2.49. The van der Waals surface area contributed by atoms with Gasteiger partial charge in [0.05, 0.1) is 6.61 Å². The van der Waals surface area contributed by atoms with Crippen LogP contribution in [0.15, 0.2) is 0 Å². The van der Waals surface area contributed by atoms with Gasteiger partial charge in [0.15, 0.2) is 5.41 Å². The first-order valence-electron chi connectivity index (χ1n) is 5.73. The van der Waals surface area contributed by atoms with Crippen molar-refractivity contribution in [3.8, 4) is 11.8 Å². The van der Waals surface area contributed by atoms with Crippen molar-refractivity contribution in [1.29, 1.82) is 0 Å². The minimum absolute atomic E-state index is 0.180. The maximum atomic E-state index is 11.9. The fourth-order valence-corrected chi connectivity index (χ4v) is 1.71. The zero-order chi connectivity index (χ0) is 13.5. The largest absolute Gasteiger partial charge is 0.480 e. The van der Waals surface area contributed by atoms with Crippen molar-refractivity contribution in [3.05, 3.63) is 0 Å². The van der Waals surface area contributed by atoms with Gasteiger partial charge in [-0.1, -0.05) is 13.8 Å². The maximum absolute atomic E-state index is 11.9. The summed E-state index contributed by atoms with van der Waals surface area (Å²) in [5.41, 5.74) is -1.49. The van der Waals surface area contributed by atoms with Crippen LogP contribution >= 0.6 is 0 Å². The second-order valence-corrected chi connectivity index (χ2v) is 4.08. The van der Waals surface area contributed by atoms with Crippen LogP contribution in [0.1, 0.15) is 40.5 Å². The van der Waals surface area contributed by atoms with Crippen LogP contribution < -0.4 is 0 Å². The normalized spacial score (nSPS) is 13.5. The Morgan fingerprint density at radius 1 is 1.41 bits per heavy atom. The first-order chi connectivity index (χ1) is 7.93. The number of carboxylic acid groups (broad SMARTS) is 1. The van der Waals surface area contributed by atoms with Gasteiger partial charge in [0.2, 0.25) is 0 Å². The third-order valence-electron chi connectivity index (χ3n) is 2.83. The lowest BCUT2D eigenvalue weighted by molar-refractivity contribution is -0.173. The lowest BCUT2D eigenvalue weighted by atomic mass is 9.73. The molecule has 1 N–H and O–H groups in total. The Morgan fingerprint density at radius 3 is 2.35 bits per heavy atom. The first kappa shape index (κ1) is 15.5. The van der Waals surface area contributed by atoms with Crippen LogP contribution in [0.25, 0.3) is 0 Å². The third-order valence-corrected chi connectivity index (χ3v) is 2.83. The molecule has 0 rings (SSSR count). The molecular formula is C13H20O4. The van der Waals surface area contributed by atoms with Gasteiger partial charge < -0.3 is 9.84 Å². The van der Waals surface area contributed by atoms with E-state index in [1.54, 1.807) is 27.7 Å². The van der Waals surface area contributed by atoms with Crippen LogP contribution in [0.4, 0.5) is 0 Å². The van der Waals surface area contributed by atoms with Crippen molar-refractivity contribution < 1.29 is 19.4 Å². The summed E-state index contributed by atoms with van der Waals surface area (Å²) in [6.45, 7) is 6.95. The minimum Gasteiger partial charge on any atom is -0.480 e. The standard InChI is InChI=1S/C13H20O4/c1-5-7-8-9-13(10(3)4,11(14)15)12(16)17-6-2/h10H,6,8-9H2,1-4H3,(H,14,15). The van der Waals surface area contributed by atoms with Crippen molar-refractivity contribution in [1.82, 2.24) is 0 Å². The smallest absolute Gasteiger partial charge is 0.323 e. The summed E-state index contributed by atoms with van der Waals surface area (Å²) in [5, 5.41) is 9.34. The topological polar surface area (TPSA) is 63.6 Å². The number of hydrogen-bond acceptors (Lipinski definition) is 3. The molecule has 4 nitrogen and oxygen atoms in total. The van der Waals surface area contributed by atoms with E-state index < -0.39 is 17.4 Å². The van der Waals surface area contributed by atoms with Gasteiger partial charge in [-0.15, -0.1) is 11.8 Å². The second-order valence-electron chi connectivity index (χ2n) is 4.08. The average Bonchev–Trinajstić information content (AvgIpc) is 2.23. The summed E-state index contributed by atoms with van der Waals surface area (Å²) in [6.07, 6.45) is 0.555. The summed E-state index contributed by atoms with van der Waals surface area (Å²) in [5.74, 6) is 3.35. The lowest BCUT2D eigenvalue weighted by Gasteiger charge is -2.30. The van der Waals surface area contributed by atoms with E-state index in [2.05, 4.69) is 11.8 Å². The van der Waals surface area contributed by atoms with E-state index in [4.69, 9.17) is 4.74 Å². The maximum Gasteiger partial charge on any atom is 0.323 e. The summed E-state index contributed by atoms with van der Waals surface area (Å²) >= 11 is 0. The summed E-state index contributed by atoms with van der Waals surface area (Å²) in [6, 6.07) is 0. The van der Waals surface area contributed by atoms with E-state index in [-0.39, 0.29) is 18.9 Å². The number of esters is 1. The molecule has 96 valence electrons. The molecule has 0 radical (unpaired) electrons. The fraction of sp³-hybridized carbons (Fsp3) is 0.692. The molecule has 0 bridgehead atoms. The molecule has 0 aliphatic carbocycles. The number of rotatable bonds is 6. The monoisotopic (exact) mass is 240 g/mol. The first-order valence-corrected chi connectivity index (χ1v) is 5.73. The molecule has 0 saturated carbocycles. The number of ether oxygens (including phenoxy) is 1. The molecule has 4 heteroatoms. The zero-order valence-electron chi connectivity index (χ0n) is 10.9. The summed E-state index contributed by atoms with van der Waals surface area (Å²) < 4.78 is 4.89. The molecule has 17 heavy (non-hydrogen) atoms. The number of aliphatic carboxylic acids is 1. The molecule has 0 spiro atoms. The Labute approximate surface area is 102 Å². The van der Waals surface area contributed by atoms with E-state index in [0.29, 0.717) is 6.42 Å². The quantitative estimate of drug-likeness (QED) is 0.438. The molecule has 0 aliphatic heterocycles. The van der Waals surface area contributed by atoms with E-state index >= 15 is 0 Å². The Balaban J connectivity index is 5.17. The predicted molar refractivity (Wildman–Crippen MR) is 64.2 cm³/mol. The third kappa shape index (κ3) is 3.48. The molecular weight excluding hydrogens is 220 g/mol. The second kappa shape index (κ2) is 6.95. The van der Waals surface area contributed by atoms with Crippen molar-refractivity contribution in [3.63, 3.8) is 0 Å². The predicted octanol–water partition coefficient (Wildman–Crippen LogP) is 2.08. The summed E-state index contributed by atoms with van der Waals surface area (Å²) in [7, 11) is 0. The Kier molecular flexibility index (Phi) is 6.34. The van der Waals surface area contributed by atoms with Gasteiger partial charge >= 0.3 is 11.9 Å². The van der Waals surface area contributed by atoms with Crippen LogP contribution in [0.5, 0.6) is 0 Å². The number of hydrogen-bond donors (Lipinski definition) is 1. The highest BCUT2D eigenvalue weighted by molar-refractivity contribution is 5.99. The SMILES string of the molecule is CC#CCCC(C(=O)O)(C(=O)OCC)C(C)C. The molecule has 0 aromatic heterocycles. The van der Waals surface area contributed by atoms with Gasteiger partial charge in [-0.25, -0.2) is 0 Å². The van der Waals surface area contributed by atoms with E-state index in [0.717, 1.165) is 0 Å². The van der Waals surface area contributed by atoms with Crippen LogP contribution in [0, 0.1) is 23.2 Å². The number of carboxylic acids is 1. The summed E-state index contributed by atoms with van der Waals surface area (Å²) in [4.78, 5) is 23.3. The van der Waals surface area contributed by atoms with Crippen molar-refractivity contribution in [2.45, 2.75) is 40.5 Å². The Morgan fingerprint density at radius 2 is 2.00 bits per heavy atom. The molecule has 0 saturated heterocycles. The van der Waals surface area contributed by atoms with E-state index in [1.807, 2.05) is 0 Å². The number of carbonyl (C=O) groups excluding carboxylic acids is 1. The minimum atomic E-state index is -1.49. The van der Waals surface area contributed by atoms with Gasteiger partial charge in [0.1, 0.15) is 0 Å². The molecule has 0 aromatic carbocycles. The fourth-order valence-electron chi connectivity index (χ4n) is 1.71. The van der Waals surface area contributed by atoms with E-state index in [9.17, 15) is 14.7 Å². The Hall–Kier alpha value is -1.50. The Bertz CT molecular complexity index is 335. The van der Waals surface area contributed by atoms with Gasteiger partial charge in [-0.3, -0.25) is 9.59 Å². The van der Waals surface area contributed by atoms with Crippen LogP contribution in [-0.4, -0.2) is 23.7 Å². The van der Waals surface area contributed by atoms with Crippen molar-refractivity contribution in [2.75, 3.05) is 6.61 Å². The average molecular weight is 240 g/mol. The molecule has 0 amide bonds. The van der Waals surface area contributed by atoms with Crippen LogP contribution in [-0.2, 0) is 14.3 Å². The molecule has 0 aromatic rings. The van der Waals surface area contributed by atoms with Gasteiger partial charge in [0, 0.05) is 6.42 Å². The molecule has 1 atom stereocenters. The van der Waals surface area contributed by atoms with Crippen molar-refractivity contribution in [2.24, 2.45) is 11.3 Å². The van der Waals surface area contributed by atoms with Gasteiger partial charge in [-0.2, -0.15) is 0 Å². The van der Waals surface area contributed by atoms with Crippen LogP contribution in [0.2, 0.25) is 0 Å². The van der Waals surface area contributed by atoms with Crippen molar-refractivity contribution >= 4 is 11.9 Å². The van der Waals surface area contributed by atoms with Crippen LogP contribution in [0.3, 0.4) is 0 Å². The lowest BCUT2D eigenvalue weighted by Crippen LogP contribution is -2.45. The molecule has 0 fully saturated rings. The highest BCUT2D eigenvalue weighted by Crippen LogP contribution is 2.35. The number of carbonyl (C=O) groups is 2. The molecule has 0 aliphatic rings. The molecule has 1 unspecified atom stereocenters. The van der Waals surface area contributed by atoms with Gasteiger partial charge in [-0.05, 0) is 26.2 Å². The van der Waals surface area contributed by atoms with E-state index in [1.165, 1.54) is 0 Å².